The van der Waals surface area contributed by atoms with Crippen molar-refractivity contribution in [3.8, 4) is 17.0 Å². The average Bonchev–Trinajstić information content (AvgIpc) is 3.55. The highest BCUT2D eigenvalue weighted by atomic mass is 35.5. The van der Waals surface area contributed by atoms with Gasteiger partial charge in [0.05, 0.1) is 28.8 Å². The Kier molecular flexibility index (Phi) is 31.5. The predicted octanol–water partition coefficient (Wildman–Crippen LogP) is 20.0. The second-order valence-corrected chi connectivity index (χ2v) is 99.8. The van der Waals surface area contributed by atoms with Crippen molar-refractivity contribution >= 4 is 229 Å². The van der Waals surface area contributed by atoms with Crippen LogP contribution in [0.3, 0.4) is 0 Å². The Labute approximate surface area is 411 Å². The number of benzene rings is 3. The molecule has 0 amide bonds. The number of halogens is 2. The molecule has 0 spiro atoms. The van der Waals surface area contributed by atoms with Gasteiger partial charge in [-0.25, -0.2) is 14.8 Å². The van der Waals surface area contributed by atoms with Crippen LogP contribution in [0.1, 0.15) is 36.6 Å². The molecule has 0 saturated carbocycles. The first kappa shape index (κ1) is 62.3. The molecule has 2 heterocycles. The highest BCUT2D eigenvalue weighted by Gasteiger charge is 2.44. The molecular formula is C29H53Cl2N7OP22. The molecule has 12 unspecified atom stereocenters. The quantitative estimate of drug-likeness (QED) is 0.0600. The van der Waals surface area contributed by atoms with Crippen LogP contribution in [0, 0.1) is 13.5 Å². The first-order valence-corrected chi connectivity index (χ1v) is 56.5. The van der Waals surface area contributed by atoms with E-state index in [0.717, 1.165) is 34.2 Å². The van der Waals surface area contributed by atoms with E-state index >= 15 is 0 Å². The molecule has 4 aromatic rings. The molecule has 5 rings (SSSR count). The molecule has 1 aromatic heterocycles. The van der Waals surface area contributed by atoms with Crippen LogP contribution in [0.4, 0.5) is 22.9 Å². The Bertz CT molecular complexity index is 2060. The van der Waals surface area contributed by atoms with Crippen LogP contribution in [-0.2, 0) is 13.0 Å². The van der Waals surface area contributed by atoms with E-state index < -0.39 is 0 Å². The summed E-state index contributed by atoms with van der Waals surface area (Å²) in [6, 6.07) is 14.8. The number of amidine groups is 1. The molecule has 0 radical (unpaired) electrons. The topological polar surface area (TPSA) is 127 Å². The number of nitrogens with zero attached hydrogens (tertiary/aromatic N) is 4. The van der Waals surface area contributed by atoms with Gasteiger partial charge in [-0.05, 0) is 107 Å². The van der Waals surface area contributed by atoms with Crippen molar-refractivity contribution in [2.75, 3.05) is 11.1 Å². The first-order chi connectivity index (χ1) is 28.2. The minimum absolute atomic E-state index is 0. The highest BCUT2D eigenvalue weighted by molar-refractivity contribution is 9.38. The van der Waals surface area contributed by atoms with Gasteiger partial charge in [-0.3, -0.25) is 4.99 Å². The minimum atomic E-state index is -0.0383. The molecule has 61 heavy (non-hydrogen) atoms. The van der Waals surface area contributed by atoms with Gasteiger partial charge in [-0.15, -0.1) is 107 Å². The predicted molar refractivity (Wildman–Crippen MR) is 347 cm³/mol. The lowest BCUT2D eigenvalue weighted by atomic mass is 10.1. The number of nitrogen functional groups attached to an aromatic ring is 1. The molecule has 6 N–H and O–H groups in total. The van der Waals surface area contributed by atoms with Crippen molar-refractivity contribution in [1.29, 1.82) is 0 Å². The van der Waals surface area contributed by atoms with Crippen LogP contribution in [-0.4, -0.2) is 20.9 Å². The number of hydrogen-bond acceptors (Lipinski definition) is 7. The summed E-state index contributed by atoms with van der Waals surface area (Å²) in [5, 5.41) is 14.7. The Balaban J connectivity index is 0.000000333. The summed E-state index contributed by atoms with van der Waals surface area (Å²) < 4.78 is 0. The molecule has 8 nitrogen and oxygen atoms in total. The van der Waals surface area contributed by atoms with Gasteiger partial charge in [0.25, 0.3) is 0 Å². The average molecular weight is 1270 g/mol. The Morgan fingerprint density at radius 1 is 0.738 bits per heavy atom. The Morgan fingerprint density at radius 2 is 1.25 bits per heavy atom. The summed E-state index contributed by atoms with van der Waals surface area (Å²) in [5.41, 5.74) is 18.1. The van der Waals surface area contributed by atoms with Gasteiger partial charge >= 0.3 is 0 Å². The lowest BCUT2D eigenvalue weighted by Crippen LogP contribution is -2.10. The van der Waals surface area contributed by atoms with Crippen LogP contribution in [0.25, 0.3) is 16.1 Å². The third-order valence-corrected chi connectivity index (χ3v) is 146. The van der Waals surface area contributed by atoms with Crippen molar-refractivity contribution in [3.05, 3.63) is 98.6 Å². The molecule has 334 valence electrons. The van der Waals surface area contributed by atoms with Crippen molar-refractivity contribution in [2.45, 2.75) is 34.2 Å². The zero-order chi connectivity index (χ0) is 45.2. The molecule has 3 aromatic carbocycles. The molecule has 1 aliphatic rings. The lowest BCUT2D eigenvalue weighted by Gasteiger charge is -2.47. The number of fused-ring (bicyclic) bond motifs is 1. The van der Waals surface area contributed by atoms with E-state index in [1.807, 2.05) is 44.2 Å². The third-order valence-electron chi connectivity index (χ3n) is 7.77. The summed E-state index contributed by atoms with van der Waals surface area (Å²) in [4.78, 5) is 15.9. The van der Waals surface area contributed by atoms with E-state index in [1.165, 1.54) is 6.33 Å². The lowest BCUT2D eigenvalue weighted by molar-refractivity contribution is 0.475. The Hall–Kier alpha value is 5.14. The molecule has 1 aliphatic heterocycles. The zero-order valence-corrected chi connectivity index (χ0v) is 56.5. The van der Waals surface area contributed by atoms with Gasteiger partial charge in [0.2, 0.25) is 0 Å². The van der Waals surface area contributed by atoms with Gasteiger partial charge < -0.3 is 21.9 Å². The maximum atomic E-state index is 10.6. The summed E-state index contributed by atoms with van der Waals surface area (Å²) in [6.07, 6.45) is 2.14. The van der Waals surface area contributed by atoms with Crippen LogP contribution in [0.15, 0.2) is 59.9 Å². The van der Waals surface area contributed by atoms with Gasteiger partial charge in [0.1, 0.15) is 17.9 Å². The van der Waals surface area contributed by atoms with Crippen molar-refractivity contribution in [1.82, 2.24) is 9.97 Å². The number of aromatic hydroxyl groups is 1. The van der Waals surface area contributed by atoms with E-state index in [2.05, 4.69) is 132 Å². The maximum Gasteiger partial charge on any atom is 0.192 e. The summed E-state index contributed by atoms with van der Waals surface area (Å²) in [5.74, 6) is 0.730. The fraction of sp³-hybridized carbons (Fsp3) is 0.172. The van der Waals surface area contributed by atoms with E-state index in [0.29, 0.717) is 45.2 Å². The fourth-order valence-electron chi connectivity index (χ4n) is 5.08. The highest BCUT2D eigenvalue weighted by Crippen LogP contribution is 3.32. The summed E-state index contributed by atoms with van der Waals surface area (Å²) in [7, 11) is 38.2. The van der Waals surface area contributed by atoms with Crippen molar-refractivity contribution < 1.29 is 5.11 Å². The van der Waals surface area contributed by atoms with Crippen molar-refractivity contribution in [2.24, 2.45) is 10.7 Å². The number of aliphatic imine (C=N–C) groups is 1. The summed E-state index contributed by atoms with van der Waals surface area (Å²) in [6.45, 7) is 11.8. The Morgan fingerprint density at radius 3 is 1.70 bits per heavy atom. The summed E-state index contributed by atoms with van der Waals surface area (Å²) >= 11 is 12.4. The van der Waals surface area contributed by atoms with E-state index in [4.69, 9.17) is 41.2 Å². The number of anilines is 3. The second kappa shape index (κ2) is 30.9. The third kappa shape index (κ3) is 18.0. The fourth-order valence-corrected chi connectivity index (χ4v) is 278. The first-order valence-electron chi connectivity index (χ1n) is 16.6. The van der Waals surface area contributed by atoms with Gasteiger partial charge in [0.15, 0.2) is 17.3 Å². The smallest absolute Gasteiger partial charge is 0.192 e. The number of aryl methyl sites for hydroxylation is 1. The molecule has 0 saturated heterocycles. The van der Waals surface area contributed by atoms with Crippen molar-refractivity contribution in [3.63, 3.8) is 0 Å². The van der Waals surface area contributed by atoms with E-state index in [9.17, 15) is 5.11 Å². The monoisotopic (exact) mass is 1270 g/mol. The molecule has 0 bridgehead atoms. The van der Waals surface area contributed by atoms with Crippen LogP contribution < -0.4 is 16.8 Å². The second-order valence-electron chi connectivity index (χ2n) is 11.9. The van der Waals surface area contributed by atoms with Gasteiger partial charge in [-0.2, -0.15) is 0 Å². The number of nitrogens with two attached hydrogens (primary N) is 2. The number of aromatic nitrogens is 2. The zero-order valence-electron chi connectivity index (χ0n) is 32.2. The van der Waals surface area contributed by atoms with Crippen LogP contribution >= 0.6 is 200 Å². The molecule has 12 atom stereocenters. The van der Waals surface area contributed by atoms with E-state index in [1.54, 1.807) is 18.2 Å². The molecule has 0 fully saturated rings. The van der Waals surface area contributed by atoms with Crippen LogP contribution in [0.5, 0.6) is 5.75 Å². The molecule has 0 aliphatic carbocycles. The van der Waals surface area contributed by atoms with E-state index in [-0.39, 0.29) is 88.9 Å². The maximum absolute atomic E-state index is 10.6. The van der Waals surface area contributed by atoms with Gasteiger partial charge in [0, 0.05) is 22.4 Å². The number of rotatable bonds is 13. The minimum Gasteiger partial charge on any atom is -0.503 e. The SMILES string of the molecule is C.Cc1ccc(-c2ncnc(Nc3ccc4c(c3Cl)CN=C4N)c2O)cc1.PP(P)P(P(P)P)P(P(P(P)P)P(P)P)P(P(P)P)P(P)P.[C-]#[N+]c1ccc(N)c(Cl)c1CC. The molecule has 32 heteroatoms. The number of hydrogen-bond donors (Lipinski definition) is 4. The van der Waals surface area contributed by atoms with Gasteiger partial charge in [-0.1, -0.05) is 73.4 Å². The molecular weight excluding hydrogens is 1210 g/mol. The number of nitrogens with one attached hydrogen (secondary N) is 1. The van der Waals surface area contributed by atoms with Crippen LogP contribution in [0.2, 0.25) is 10.0 Å². The largest absolute Gasteiger partial charge is 0.503 e. The normalized spacial score (nSPS) is 12.2. The standard InChI is InChI=1S/C19H16ClN5O.C9H9ClN2.CH4.H24P22/c1-10-2-4-11(5-3-10)16-17(26)19(24-9-23-16)25-14-7-6-12-13(15(14)20)8-22-18(12)21;1-3-6-8(12-2)5-4-7(11)9(6)10;;1-13(2)19(14(3)4)22(20(15(5)6)16(7)8)21(17(9)10)18(11)12/h2-7,9,26H,8H2,1H3,(H2,21,22)(H,23,24,25);4-5H,3,11H2,1H3;1H4;1-12H2.